The molecule has 1 N–H and O–H groups in total. The minimum atomic E-state index is -0.425. The number of benzene rings is 2. The number of thiocarbonyl (C=S) groups is 1. The van der Waals surface area contributed by atoms with E-state index in [1.54, 1.807) is 12.1 Å². The summed E-state index contributed by atoms with van der Waals surface area (Å²) in [5, 5.41) is 2.61. The van der Waals surface area contributed by atoms with Gasteiger partial charge in [-0.3, -0.25) is 14.5 Å². The van der Waals surface area contributed by atoms with Crippen LogP contribution >= 0.6 is 24.0 Å². The van der Waals surface area contributed by atoms with Gasteiger partial charge in [-0.15, -0.1) is 0 Å². The standard InChI is InChI=1S/C20H17FN2O2S2/c1-13-5-7-14(8-6-13)11-17-19(25)23(20(26)27-17)10-9-18(24)22-16-4-2-3-15(21)12-16/h2-8,11-12H,9-10H2,1H3,(H,22,24)/b17-11+. The summed E-state index contributed by atoms with van der Waals surface area (Å²) in [6, 6.07) is 13.5. The number of hydrogen-bond acceptors (Lipinski definition) is 4. The Morgan fingerprint density at radius 1 is 1.26 bits per heavy atom. The van der Waals surface area contributed by atoms with Gasteiger partial charge >= 0.3 is 0 Å². The summed E-state index contributed by atoms with van der Waals surface area (Å²) >= 11 is 6.50. The monoisotopic (exact) mass is 400 g/mol. The first-order valence-corrected chi connectivity index (χ1v) is 9.52. The molecule has 4 nitrogen and oxygen atoms in total. The van der Waals surface area contributed by atoms with Crippen molar-refractivity contribution in [1.82, 2.24) is 4.90 Å². The van der Waals surface area contributed by atoms with Crippen molar-refractivity contribution >= 4 is 51.9 Å². The quantitative estimate of drug-likeness (QED) is 0.598. The van der Waals surface area contributed by atoms with E-state index < -0.39 is 5.82 Å². The Hall–Kier alpha value is -2.51. The maximum atomic E-state index is 13.2. The van der Waals surface area contributed by atoms with Crippen LogP contribution in [0.1, 0.15) is 17.5 Å². The Balaban J connectivity index is 1.60. The van der Waals surface area contributed by atoms with E-state index in [0.717, 1.165) is 11.1 Å². The summed E-state index contributed by atoms with van der Waals surface area (Å²) in [5.41, 5.74) is 2.44. The van der Waals surface area contributed by atoms with Crippen molar-refractivity contribution in [2.45, 2.75) is 13.3 Å². The first-order valence-electron chi connectivity index (χ1n) is 8.30. The highest BCUT2D eigenvalue weighted by atomic mass is 32.2. The van der Waals surface area contributed by atoms with E-state index in [4.69, 9.17) is 12.2 Å². The average Bonchev–Trinajstić information content (AvgIpc) is 2.88. The summed E-state index contributed by atoms with van der Waals surface area (Å²) < 4.78 is 13.6. The van der Waals surface area contributed by atoms with Crippen LogP contribution in [0, 0.1) is 12.7 Å². The van der Waals surface area contributed by atoms with Crippen LogP contribution in [0.4, 0.5) is 10.1 Å². The van der Waals surface area contributed by atoms with Crippen LogP contribution in [0.25, 0.3) is 6.08 Å². The van der Waals surface area contributed by atoms with E-state index in [0.29, 0.717) is 14.9 Å². The first kappa shape index (κ1) is 19.3. The van der Waals surface area contributed by atoms with Crippen LogP contribution in [0.5, 0.6) is 0 Å². The molecule has 1 heterocycles. The number of amides is 2. The third-order valence-electron chi connectivity index (χ3n) is 3.92. The molecule has 0 aliphatic carbocycles. The molecule has 3 rings (SSSR count). The van der Waals surface area contributed by atoms with E-state index >= 15 is 0 Å². The molecule has 2 aromatic carbocycles. The van der Waals surface area contributed by atoms with Gasteiger partial charge in [0.2, 0.25) is 5.91 Å². The Kier molecular flexibility index (Phi) is 6.03. The molecule has 0 radical (unpaired) electrons. The maximum absolute atomic E-state index is 13.2. The van der Waals surface area contributed by atoms with Crippen LogP contribution < -0.4 is 5.32 Å². The van der Waals surface area contributed by atoms with E-state index in [1.165, 1.54) is 34.9 Å². The SMILES string of the molecule is Cc1ccc(/C=C2/SC(=S)N(CCC(=O)Nc3cccc(F)c3)C2=O)cc1. The van der Waals surface area contributed by atoms with Crippen LogP contribution in [0.2, 0.25) is 0 Å². The molecule has 0 spiro atoms. The van der Waals surface area contributed by atoms with E-state index in [-0.39, 0.29) is 24.8 Å². The van der Waals surface area contributed by atoms with Crippen molar-refractivity contribution in [3.05, 3.63) is 70.4 Å². The Bertz CT molecular complexity index is 926. The maximum Gasteiger partial charge on any atom is 0.266 e. The third-order valence-corrected chi connectivity index (χ3v) is 5.30. The molecule has 0 bridgehead atoms. The molecule has 0 saturated carbocycles. The second-order valence-corrected chi connectivity index (χ2v) is 7.73. The molecule has 7 heteroatoms. The number of nitrogens with one attached hydrogen (secondary N) is 1. The summed E-state index contributed by atoms with van der Waals surface area (Å²) in [6.45, 7) is 2.18. The van der Waals surface area contributed by atoms with Gasteiger partial charge < -0.3 is 5.32 Å². The smallest absolute Gasteiger partial charge is 0.266 e. The zero-order valence-corrected chi connectivity index (χ0v) is 16.2. The minimum absolute atomic E-state index is 0.0702. The molecule has 1 fully saturated rings. The lowest BCUT2D eigenvalue weighted by molar-refractivity contribution is -0.122. The summed E-state index contributed by atoms with van der Waals surface area (Å²) in [5.74, 6) is -0.938. The van der Waals surface area contributed by atoms with Crippen molar-refractivity contribution in [2.24, 2.45) is 0 Å². The van der Waals surface area contributed by atoms with Gasteiger partial charge in [-0.1, -0.05) is 59.9 Å². The summed E-state index contributed by atoms with van der Waals surface area (Å²) in [7, 11) is 0. The predicted molar refractivity (Wildman–Crippen MR) is 111 cm³/mol. The largest absolute Gasteiger partial charge is 0.326 e. The number of rotatable bonds is 5. The zero-order chi connectivity index (χ0) is 19.4. The number of carbonyl (C=O) groups is 2. The fourth-order valence-electron chi connectivity index (χ4n) is 2.51. The lowest BCUT2D eigenvalue weighted by atomic mass is 10.1. The van der Waals surface area contributed by atoms with E-state index in [1.807, 2.05) is 31.2 Å². The Morgan fingerprint density at radius 3 is 2.70 bits per heavy atom. The fraction of sp³-hybridized carbons (Fsp3) is 0.150. The topological polar surface area (TPSA) is 49.4 Å². The van der Waals surface area contributed by atoms with Crippen molar-refractivity contribution in [3.63, 3.8) is 0 Å². The number of anilines is 1. The molecule has 2 amide bonds. The molecule has 2 aromatic rings. The normalized spacial score (nSPS) is 15.5. The van der Waals surface area contributed by atoms with Gasteiger partial charge in [-0.25, -0.2) is 4.39 Å². The second-order valence-electron chi connectivity index (χ2n) is 6.05. The minimum Gasteiger partial charge on any atom is -0.326 e. The molecule has 138 valence electrons. The Morgan fingerprint density at radius 2 is 2.00 bits per heavy atom. The van der Waals surface area contributed by atoms with Crippen molar-refractivity contribution in [2.75, 3.05) is 11.9 Å². The summed E-state index contributed by atoms with van der Waals surface area (Å²) in [4.78, 5) is 26.6. The number of aryl methyl sites for hydroxylation is 1. The average molecular weight is 401 g/mol. The van der Waals surface area contributed by atoms with Crippen molar-refractivity contribution < 1.29 is 14.0 Å². The Labute approximate surface area is 166 Å². The highest BCUT2D eigenvalue weighted by molar-refractivity contribution is 8.26. The predicted octanol–water partition coefficient (Wildman–Crippen LogP) is 4.36. The molecule has 1 saturated heterocycles. The third kappa shape index (κ3) is 5.02. The molecule has 27 heavy (non-hydrogen) atoms. The highest BCUT2D eigenvalue weighted by Crippen LogP contribution is 2.32. The molecule has 1 aliphatic heterocycles. The highest BCUT2D eigenvalue weighted by Gasteiger charge is 2.32. The van der Waals surface area contributed by atoms with Crippen LogP contribution in [0.15, 0.2) is 53.4 Å². The number of hydrogen-bond donors (Lipinski definition) is 1. The van der Waals surface area contributed by atoms with Crippen LogP contribution in [-0.4, -0.2) is 27.6 Å². The van der Waals surface area contributed by atoms with Gasteiger partial charge in [0.15, 0.2) is 0 Å². The van der Waals surface area contributed by atoms with E-state index in [9.17, 15) is 14.0 Å². The molecule has 0 atom stereocenters. The van der Waals surface area contributed by atoms with Crippen molar-refractivity contribution in [3.8, 4) is 0 Å². The summed E-state index contributed by atoms with van der Waals surface area (Å²) in [6.07, 6.45) is 1.87. The van der Waals surface area contributed by atoms with Gasteiger partial charge in [0.25, 0.3) is 5.91 Å². The lowest BCUT2D eigenvalue weighted by Gasteiger charge is -2.14. The number of nitrogens with zero attached hydrogens (tertiary/aromatic N) is 1. The number of halogens is 1. The molecular weight excluding hydrogens is 383 g/mol. The zero-order valence-electron chi connectivity index (χ0n) is 14.6. The van der Waals surface area contributed by atoms with Gasteiger partial charge in [0.05, 0.1) is 4.91 Å². The van der Waals surface area contributed by atoms with Crippen LogP contribution in [-0.2, 0) is 9.59 Å². The molecule has 0 aromatic heterocycles. The first-order chi connectivity index (χ1) is 12.9. The lowest BCUT2D eigenvalue weighted by Crippen LogP contribution is -2.31. The van der Waals surface area contributed by atoms with Crippen molar-refractivity contribution in [1.29, 1.82) is 0 Å². The molecular formula is C20H17FN2O2S2. The van der Waals surface area contributed by atoms with Gasteiger partial charge in [0.1, 0.15) is 10.1 Å². The van der Waals surface area contributed by atoms with Gasteiger partial charge in [-0.05, 0) is 36.8 Å². The van der Waals surface area contributed by atoms with Gasteiger partial charge in [0, 0.05) is 18.7 Å². The number of carbonyl (C=O) groups excluding carboxylic acids is 2. The second kappa shape index (κ2) is 8.45. The molecule has 0 unspecified atom stereocenters. The van der Waals surface area contributed by atoms with E-state index in [2.05, 4.69) is 5.32 Å². The fourth-order valence-corrected chi connectivity index (χ4v) is 3.82. The molecule has 1 aliphatic rings. The number of thioether (sulfide) groups is 1. The van der Waals surface area contributed by atoms with Crippen LogP contribution in [0.3, 0.4) is 0 Å². The van der Waals surface area contributed by atoms with Gasteiger partial charge in [-0.2, -0.15) is 0 Å².